The molecule has 1 aliphatic rings. The van der Waals surface area contributed by atoms with Crippen LogP contribution in [0.1, 0.15) is 30.9 Å². The lowest BCUT2D eigenvalue weighted by atomic mass is 9.92. The zero-order valence-electron chi connectivity index (χ0n) is 12.9. The minimum Gasteiger partial charge on any atom is -0.468 e. The van der Waals surface area contributed by atoms with E-state index in [0.717, 1.165) is 12.8 Å². The molecular formula is C16H20ClFN2O3. The molecule has 7 heteroatoms. The third kappa shape index (κ3) is 4.20. The van der Waals surface area contributed by atoms with Gasteiger partial charge in [-0.15, -0.1) is 0 Å². The molecule has 1 heterocycles. The van der Waals surface area contributed by atoms with Gasteiger partial charge in [0.05, 0.1) is 7.11 Å². The van der Waals surface area contributed by atoms with Crippen molar-refractivity contribution in [2.75, 3.05) is 20.2 Å². The topological polar surface area (TPSA) is 72.6 Å². The van der Waals surface area contributed by atoms with E-state index < -0.39 is 17.8 Å². The standard InChI is InChI=1S/C16H20ClFN2O3/c1-23-16(22)15(14-11(17)5-2-6-12(14)18)20-7-3-4-10(9-20)8-13(19)21/h2,5-6,10,15H,3-4,7-9H2,1H3,(H2,19,21)/t10-,15+/m1/s1. The number of hydrogen-bond acceptors (Lipinski definition) is 4. The molecule has 1 aromatic rings. The molecule has 0 aliphatic carbocycles. The monoisotopic (exact) mass is 342 g/mol. The van der Waals surface area contributed by atoms with Crippen LogP contribution in [0.4, 0.5) is 4.39 Å². The zero-order chi connectivity index (χ0) is 17.0. The van der Waals surface area contributed by atoms with Crippen molar-refractivity contribution >= 4 is 23.5 Å². The zero-order valence-corrected chi connectivity index (χ0v) is 13.7. The van der Waals surface area contributed by atoms with Crippen molar-refractivity contribution in [3.8, 4) is 0 Å². The highest BCUT2D eigenvalue weighted by Crippen LogP contribution is 2.34. The number of likely N-dealkylation sites (tertiary alicyclic amines) is 1. The van der Waals surface area contributed by atoms with Crippen molar-refractivity contribution in [3.05, 3.63) is 34.6 Å². The van der Waals surface area contributed by atoms with Gasteiger partial charge in [0.2, 0.25) is 5.91 Å². The van der Waals surface area contributed by atoms with E-state index in [-0.39, 0.29) is 28.8 Å². The van der Waals surface area contributed by atoms with Gasteiger partial charge in [0.15, 0.2) is 0 Å². The molecule has 1 aromatic carbocycles. The summed E-state index contributed by atoms with van der Waals surface area (Å²) >= 11 is 6.12. The Morgan fingerprint density at radius 1 is 1.52 bits per heavy atom. The molecule has 0 spiro atoms. The van der Waals surface area contributed by atoms with Crippen LogP contribution >= 0.6 is 11.6 Å². The summed E-state index contributed by atoms with van der Waals surface area (Å²) in [6.07, 6.45) is 1.88. The van der Waals surface area contributed by atoms with Gasteiger partial charge in [-0.05, 0) is 37.4 Å². The molecule has 126 valence electrons. The molecule has 0 aromatic heterocycles. The number of piperidine rings is 1. The molecule has 2 N–H and O–H groups in total. The molecule has 1 amide bonds. The van der Waals surface area contributed by atoms with Gasteiger partial charge in [-0.3, -0.25) is 9.69 Å². The first-order valence-corrected chi connectivity index (χ1v) is 7.86. The molecule has 0 radical (unpaired) electrons. The average Bonchev–Trinajstić information content (AvgIpc) is 2.50. The van der Waals surface area contributed by atoms with Gasteiger partial charge in [0.25, 0.3) is 0 Å². The molecule has 23 heavy (non-hydrogen) atoms. The number of methoxy groups -OCH3 is 1. The van der Waals surface area contributed by atoms with Crippen LogP contribution < -0.4 is 5.73 Å². The number of benzene rings is 1. The highest BCUT2D eigenvalue weighted by molar-refractivity contribution is 6.31. The quantitative estimate of drug-likeness (QED) is 0.833. The molecule has 1 fully saturated rings. The summed E-state index contributed by atoms with van der Waals surface area (Å²) in [5, 5.41) is 0.178. The minimum atomic E-state index is -0.927. The van der Waals surface area contributed by atoms with Gasteiger partial charge in [0, 0.05) is 23.6 Å². The third-order valence-electron chi connectivity index (χ3n) is 4.10. The number of amides is 1. The maximum Gasteiger partial charge on any atom is 0.327 e. The summed E-state index contributed by atoms with van der Waals surface area (Å²) in [7, 11) is 1.26. The highest BCUT2D eigenvalue weighted by atomic mass is 35.5. The van der Waals surface area contributed by atoms with Gasteiger partial charge in [-0.25, -0.2) is 9.18 Å². The third-order valence-corrected chi connectivity index (χ3v) is 4.43. The normalized spacial score (nSPS) is 20.0. The number of carbonyl (C=O) groups excluding carboxylic acids is 2. The van der Waals surface area contributed by atoms with Crippen LogP contribution in [-0.4, -0.2) is 37.0 Å². The van der Waals surface area contributed by atoms with Crippen molar-refractivity contribution in [1.82, 2.24) is 4.90 Å². The van der Waals surface area contributed by atoms with E-state index in [1.165, 1.54) is 19.2 Å². The lowest BCUT2D eigenvalue weighted by Crippen LogP contribution is -2.43. The van der Waals surface area contributed by atoms with Crippen LogP contribution in [-0.2, 0) is 14.3 Å². The number of nitrogens with zero attached hydrogens (tertiary/aromatic N) is 1. The van der Waals surface area contributed by atoms with Gasteiger partial charge in [0.1, 0.15) is 11.9 Å². The van der Waals surface area contributed by atoms with Gasteiger partial charge in [-0.2, -0.15) is 0 Å². The summed E-state index contributed by atoms with van der Waals surface area (Å²) in [5.74, 6) is -1.46. The second kappa shape index (κ2) is 7.75. The molecule has 2 atom stereocenters. The molecule has 1 saturated heterocycles. The largest absolute Gasteiger partial charge is 0.468 e. The molecule has 0 saturated carbocycles. The predicted octanol–water partition coefficient (Wildman–Crippen LogP) is 2.28. The average molecular weight is 343 g/mol. The Hall–Kier alpha value is -1.66. The number of ether oxygens (including phenoxy) is 1. The maximum absolute atomic E-state index is 14.3. The number of halogens is 2. The SMILES string of the molecule is COC(=O)[C@H](c1c(F)cccc1Cl)N1CCC[C@H](CC(N)=O)C1. The minimum absolute atomic E-state index is 0.0407. The Morgan fingerprint density at radius 2 is 2.26 bits per heavy atom. The van der Waals surface area contributed by atoms with Crippen LogP contribution in [0.25, 0.3) is 0 Å². The first-order valence-electron chi connectivity index (χ1n) is 7.48. The fourth-order valence-corrected chi connectivity index (χ4v) is 3.38. The number of nitrogens with two attached hydrogens (primary N) is 1. The molecule has 5 nitrogen and oxygen atoms in total. The smallest absolute Gasteiger partial charge is 0.327 e. The second-order valence-electron chi connectivity index (χ2n) is 5.73. The van der Waals surface area contributed by atoms with Crippen LogP contribution in [0.15, 0.2) is 18.2 Å². The Labute approximate surface area is 139 Å². The molecule has 0 unspecified atom stereocenters. The lowest BCUT2D eigenvalue weighted by Gasteiger charge is -2.37. The Kier molecular flexibility index (Phi) is 5.96. The highest BCUT2D eigenvalue weighted by Gasteiger charge is 2.35. The summed E-state index contributed by atoms with van der Waals surface area (Å²) in [4.78, 5) is 25.2. The number of carbonyl (C=O) groups is 2. The van der Waals surface area contributed by atoms with E-state index in [9.17, 15) is 14.0 Å². The summed E-state index contributed by atoms with van der Waals surface area (Å²) in [5.41, 5.74) is 5.37. The van der Waals surface area contributed by atoms with Gasteiger partial charge >= 0.3 is 5.97 Å². The van der Waals surface area contributed by atoms with E-state index in [0.29, 0.717) is 13.1 Å². The van der Waals surface area contributed by atoms with Crippen molar-refractivity contribution < 1.29 is 18.7 Å². The Morgan fingerprint density at radius 3 is 2.87 bits per heavy atom. The summed E-state index contributed by atoms with van der Waals surface area (Å²) in [6.45, 7) is 1.06. The number of hydrogen-bond donors (Lipinski definition) is 1. The number of primary amides is 1. The number of rotatable bonds is 5. The first kappa shape index (κ1) is 17.7. The van der Waals surface area contributed by atoms with Crippen LogP contribution in [0.2, 0.25) is 5.02 Å². The fraction of sp³-hybridized carbons (Fsp3) is 0.500. The van der Waals surface area contributed by atoms with E-state index >= 15 is 0 Å². The predicted molar refractivity (Wildman–Crippen MR) is 84.3 cm³/mol. The summed E-state index contributed by atoms with van der Waals surface area (Å²) in [6, 6.07) is 3.37. The van der Waals surface area contributed by atoms with Gasteiger partial charge in [-0.1, -0.05) is 17.7 Å². The lowest BCUT2D eigenvalue weighted by molar-refractivity contribution is -0.148. The molecular weight excluding hydrogens is 323 g/mol. The molecule has 2 rings (SSSR count). The van der Waals surface area contributed by atoms with E-state index in [1.54, 1.807) is 6.07 Å². The Bertz CT molecular complexity index is 576. The van der Waals surface area contributed by atoms with E-state index in [1.807, 2.05) is 4.90 Å². The summed E-state index contributed by atoms with van der Waals surface area (Å²) < 4.78 is 19.1. The molecule has 0 bridgehead atoms. The van der Waals surface area contributed by atoms with E-state index in [4.69, 9.17) is 22.1 Å². The van der Waals surface area contributed by atoms with Crippen molar-refractivity contribution in [3.63, 3.8) is 0 Å². The second-order valence-corrected chi connectivity index (χ2v) is 6.14. The maximum atomic E-state index is 14.3. The van der Waals surface area contributed by atoms with Crippen LogP contribution in [0.3, 0.4) is 0 Å². The molecule has 1 aliphatic heterocycles. The number of esters is 1. The van der Waals surface area contributed by atoms with Crippen LogP contribution in [0.5, 0.6) is 0 Å². The van der Waals surface area contributed by atoms with Gasteiger partial charge < -0.3 is 10.5 Å². The van der Waals surface area contributed by atoms with Crippen molar-refractivity contribution in [2.24, 2.45) is 11.7 Å². The fourth-order valence-electron chi connectivity index (χ4n) is 3.12. The Balaban J connectivity index is 2.32. The van der Waals surface area contributed by atoms with Crippen molar-refractivity contribution in [1.29, 1.82) is 0 Å². The first-order chi connectivity index (χ1) is 10.9. The van der Waals surface area contributed by atoms with E-state index in [2.05, 4.69) is 0 Å². The van der Waals surface area contributed by atoms with Crippen molar-refractivity contribution in [2.45, 2.75) is 25.3 Å². The van der Waals surface area contributed by atoms with Crippen LogP contribution in [0, 0.1) is 11.7 Å².